The molecule has 0 spiro atoms. The molecule has 0 saturated heterocycles. The summed E-state index contributed by atoms with van der Waals surface area (Å²) < 4.78 is 1.94. The molecule has 3 rings (SSSR count). The summed E-state index contributed by atoms with van der Waals surface area (Å²) in [6.07, 6.45) is 0.777. The van der Waals surface area contributed by atoms with Gasteiger partial charge in [-0.25, -0.2) is 0 Å². The van der Waals surface area contributed by atoms with E-state index in [2.05, 4.69) is 10.4 Å². The van der Waals surface area contributed by atoms with E-state index in [0.717, 1.165) is 35.6 Å². The van der Waals surface area contributed by atoms with Crippen LogP contribution in [-0.2, 0) is 21.5 Å². The van der Waals surface area contributed by atoms with E-state index < -0.39 is 5.41 Å². The summed E-state index contributed by atoms with van der Waals surface area (Å²) >= 11 is 6.08. The fourth-order valence-electron chi connectivity index (χ4n) is 3.52. The summed E-state index contributed by atoms with van der Waals surface area (Å²) in [4.78, 5) is 26.7. The Morgan fingerprint density at radius 3 is 2.67 bits per heavy atom. The number of anilines is 1. The molecule has 2 heterocycles. The lowest BCUT2D eigenvalue weighted by Gasteiger charge is -2.20. The number of rotatable bonds is 6. The Kier molecular flexibility index (Phi) is 5.29. The number of nitrogens with zero attached hydrogens (tertiary/aromatic N) is 3. The highest BCUT2D eigenvalue weighted by Crippen LogP contribution is 2.42. The van der Waals surface area contributed by atoms with Gasteiger partial charge >= 0.3 is 0 Å². The highest BCUT2D eigenvalue weighted by molar-refractivity contribution is 6.31. The smallest absolute Gasteiger partial charge is 0.240 e. The van der Waals surface area contributed by atoms with Gasteiger partial charge in [-0.1, -0.05) is 11.6 Å². The number of fused-ring (bicyclic) bond motifs is 1. The third-order valence-electron chi connectivity index (χ3n) is 4.98. The Labute approximate surface area is 164 Å². The maximum atomic E-state index is 12.8. The SMILES string of the molecule is Cc1cc(C)n(CCCNC(=O)CN2C(=O)C(C)(C)c3cc(Cl)ccc32)n1. The number of benzene rings is 1. The zero-order valence-electron chi connectivity index (χ0n) is 16.2. The summed E-state index contributed by atoms with van der Waals surface area (Å²) in [5.41, 5.74) is 3.03. The van der Waals surface area contributed by atoms with Gasteiger partial charge in [-0.05, 0) is 63.9 Å². The second-order valence-electron chi connectivity index (χ2n) is 7.53. The molecule has 7 heteroatoms. The standard InChI is InChI=1S/C20H25ClN4O2/c1-13-10-14(2)25(23-13)9-5-8-22-18(26)12-24-17-7-6-15(21)11-16(17)20(3,4)19(24)27/h6-7,10-11H,5,8-9,12H2,1-4H3,(H,22,26). The first-order valence-electron chi connectivity index (χ1n) is 9.10. The van der Waals surface area contributed by atoms with Crippen molar-refractivity contribution in [3.8, 4) is 0 Å². The highest BCUT2D eigenvalue weighted by atomic mass is 35.5. The quantitative estimate of drug-likeness (QED) is 0.773. The number of carbonyl (C=O) groups excluding carboxylic acids is 2. The Balaban J connectivity index is 1.57. The van der Waals surface area contributed by atoms with Gasteiger partial charge in [-0.15, -0.1) is 0 Å². The van der Waals surface area contributed by atoms with Crippen LogP contribution in [0, 0.1) is 13.8 Å². The Hall–Kier alpha value is -2.34. The molecule has 0 bridgehead atoms. The highest BCUT2D eigenvalue weighted by Gasteiger charge is 2.44. The number of hydrogen-bond acceptors (Lipinski definition) is 3. The molecule has 27 heavy (non-hydrogen) atoms. The maximum Gasteiger partial charge on any atom is 0.240 e. The topological polar surface area (TPSA) is 67.2 Å². The molecule has 1 aliphatic heterocycles. The molecular weight excluding hydrogens is 364 g/mol. The summed E-state index contributed by atoms with van der Waals surface area (Å²) in [6.45, 7) is 8.99. The van der Waals surface area contributed by atoms with Gasteiger partial charge in [0.2, 0.25) is 11.8 Å². The van der Waals surface area contributed by atoms with E-state index in [4.69, 9.17) is 11.6 Å². The number of nitrogens with one attached hydrogen (secondary N) is 1. The van der Waals surface area contributed by atoms with Gasteiger partial charge in [0.25, 0.3) is 0 Å². The van der Waals surface area contributed by atoms with E-state index in [1.807, 2.05) is 38.4 Å². The first-order chi connectivity index (χ1) is 12.7. The van der Waals surface area contributed by atoms with E-state index in [1.54, 1.807) is 23.1 Å². The van der Waals surface area contributed by atoms with Crippen LogP contribution in [0.3, 0.4) is 0 Å². The van der Waals surface area contributed by atoms with Crippen molar-refractivity contribution in [2.24, 2.45) is 0 Å². The molecule has 144 valence electrons. The van der Waals surface area contributed by atoms with E-state index in [1.165, 1.54) is 0 Å². The predicted molar refractivity (Wildman–Crippen MR) is 106 cm³/mol. The predicted octanol–water partition coefficient (Wildman–Crippen LogP) is 2.98. The summed E-state index contributed by atoms with van der Waals surface area (Å²) in [5, 5.41) is 7.89. The van der Waals surface area contributed by atoms with Crippen LogP contribution in [-0.4, -0.2) is 34.7 Å². The van der Waals surface area contributed by atoms with Crippen LogP contribution in [0.25, 0.3) is 0 Å². The van der Waals surface area contributed by atoms with Crippen molar-refractivity contribution in [2.75, 3.05) is 18.0 Å². The summed E-state index contributed by atoms with van der Waals surface area (Å²) in [5.74, 6) is -0.257. The lowest BCUT2D eigenvalue weighted by atomic mass is 9.86. The fourth-order valence-corrected chi connectivity index (χ4v) is 3.69. The molecule has 1 aromatic carbocycles. The Bertz CT molecular complexity index is 888. The van der Waals surface area contributed by atoms with E-state index in [9.17, 15) is 9.59 Å². The average molecular weight is 389 g/mol. The molecule has 0 fully saturated rings. The minimum atomic E-state index is -0.685. The maximum absolute atomic E-state index is 12.8. The van der Waals surface area contributed by atoms with Gasteiger partial charge in [0.15, 0.2) is 0 Å². The number of hydrogen-bond donors (Lipinski definition) is 1. The molecule has 1 N–H and O–H groups in total. The molecule has 2 amide bonds. The summed E-state index contributed by atoms with van der Waals surface area (Å²) in [7, 11) is 0. The molecule has 0 unspecified atom stereocenters. The third-order valence-corrected chi connectivity index (χ3v) is 5.21. The number of amides is 2. The van der Waals surface area contributed by atoms with E-state index in [0.29, 0.717) is 11.6 Å². The molecule has 6 nitrogen and oxygen atoms in total. The number of aromatic nitrogens is 2. The van der Waals surface area contributed by atoms with Crippen LogP contribution in [0.15, 0.2) is 24.3 Å². The average Bonchev–Trinajstić information content (AvgIpc) is 3.01. The number of halogens is 1. The molecular formula is C20H25ClN4O2. The zero-order chi connectivity index (χ0) is 19.8. The molecule has 2 aromatic rings. The van der Waals surface area contributed by atoms with Gasteiger partial charge in [-0.2, -0.15) is 5.10 Å². The van der Waals surface area contributed by atoms with E-state index >= 15 is 0 Å². The van der Waals surface area contributed by atoms with Crippen LogP contribution in [0.4, 0.5) is 5.69 Å². The number of aryl methyl sites for hydroxylation is 3. The molecule has 0 saturated carbocycles. The summed E-state index contributed by atoms with van der Waals surface area (Å²) in [6, 6.07) is 7.39. The van der Waals surface area contributed by atoms with Crippen molar-refractivity contribution >= 4 is 29.1 Å². The fraction of sp³-hybridized carbons (Fsp3) is 0.450. The monoisotopic (exact) mass is 388 g/mol. The molecule has 1 aromatic heterocycles. The first-order valence-corrected chi connectivity index (χ1v) is 9.47. The van der Waals surface area contributed by atoms with Crippen LogP contribution < -0.4 is 10.2 Å². The zero-order valence-corrected chi connectivity index (χ0v) is 16.9. The first kappa shape index (κ1) is 19.4. The lowest BCUT2D eigenvalue weighted by molar-refractivity contribution is -0.125. The van der Waals surface area contributed by atoms with Crippen molar-refractivity contribution < 1.29 is 9.59 Å². The van der Waals surface area contributed by atoms with Gasteiger partial charge in [0.05, 0.1) is 11.1 Å². The second-order valence-corrected chi connectivity index (χ2v) is 7.97. The molecule has 0 aliphatic carbocycles. The lowest BCUT2D eigenvalue weighted by Crippen LogP contribution is -2.43. The van der Waals surface area contributed by atoms with Crippen LogP contribution in [0.5, 0.6) is 0 Å². The van der Waals surface area contributed by atoms with Gasteiger partial charge in [0, 0.05) is 29.5 Å². The van der Waals surface area contributed by atoms with Crippen molar-refractivity contribution in [1.29, 1.82) is 0 Å². The minimum Gasteiger partial charge on any atom is -0.354 e. The van der Waals surface area contributed by atoms with Gasteiger partial charge in [-0.3, -0.25) is 14.3 Å². The second kappa shape index (κ2) is 7.35. The third kappa shape index (κ3) is 3.86. The van der Waals surface area contributed by atoms with Crippen molar-refractivity contribution in [1.82, 2.24) is 15.1 Å². The minimum absolute atomic E-state index is 0.0107. The van der Waals surface area contributed by atoms with Crippen LogP contribution >= 0.6 is 11.6 Å². The van der Waals surface area contributed by atoms with Gasteiger partial charge in [0.1, 0.15) is 6.54 Å². The van der Waals surface area contributed by atoms with E-state index in [-0.39, 0.29) is 18.4 Å². The van der Waals surface area contributed by atoms with Crippen molar-refractivity contribution in [2.45, 2.75) is 46.1 Å². The normalized spacial score (nSPS) is 15.1. The molecule has 0 atom stereocenters. The van der Waals surface area contributed by atoms with Crippen LogP contribution in [0.2, 0.25) is 5.02 Å². The van der Waals surface area contributed by atoms with Crippen molar-refractivity contribution in [3.05, 3.63) is 46.2 Å². The Morgan fingerprint density at radius 1 is 1.26 bits per heavy atom. The molecule has 1 aliphatic rings. The largest absolute Gasteiger partial charge is 0.354 e. The van der Waals surface area contributed by atoms with Crippen molar-refractivity contribution in [3.63, 3.8) is 0 Å². The van der Waals surface area contributed by atoms with Crippen LogP contribution in [0.1, 0.15) is 37.2 Å². The Morgan fingerprint density at radius 2 is 2.00 bits per heavy atom. The number of carbonyl (C=O) groups is 2. The molecule has 0 radical (unpaired) electrons. The van der Waals surface area contributed by atoms with Gasteiger partial charge < -0.3 is 10.2 Å².